The standard InChI is InChI=1S/C14H8N2O/c1-3-15-7-10-5-11-12-8-16-4-2-13(12)17-14(11)6-9(1)10/h1-8H. The molecule has 80 valence electrons. The fourth-order valence-corrected chi connectivity index (χ4v) is 2.20. The van der Waals surface area contributed by atoms with Gasteiger partial charge in [0.2, 0.25) is 0 Å². The summed E-state index contributed by atoms with van der Waals surface area (Å²) in [5, 5.41) is 4.40. The molecule has 0 amide bonds. The Hall–Kier alpha value is -2.42. The van der Waals surface area contributed by atoms with E-state index < -0.39 is 0 Å². The second-order valence-electron chi connectivity index (χ2n) is 4.05. The van der Waals surface area contributed by atoms with Gasteiger partial charge in [0.05, 0.1) is 0 Å². The zero-order valence-electron chi connectivity index (χ0n) is 8.92. The number of rotatable bonds is 0. The fourth-order valence-electron chi connectivity index (χ4n) is 2.20. The van der Waals surface area contributed by atoms with Crippen LogP contribution in [0.4, 0.5) is 0 Å². The first-order chi connectivity index (χ1) is 8.42. The van der Waals surface area contributed by atoms with Crippen molar-refractivity contribution in [3.63, 3.8) is 0 Å². The number of hydrogen-bond donors (Lipinski definition) is 0. The Balaban J connectivity index is 2.28. The topological polar surface area (TPSA) is 38.9 Å². The maximum Gasteiger partial charge on any atom is 0.138 e. The van der Waals surface area contributed by atoms with Crippen molar-refractivity contribution in [3.8, 4) is 0 Å². The van der Waals surface area contributed by atoms with Gasteiger partial charge in [-0.05, 0) is 29.7 Å². The van der Waals surface area contributed by atoms with Crippen LogP contribution in [0, 0.1) is 0 Å². The minimum Gasteiger partial charge on any atom is -0.456 e. The third-order valence-corrected chi connectivity index (χ3v) is 3.03. The molecule has 0 spiro atoms. The maximum atomic E-state index is 5.80. The Labute approximate surface area is 96.7 Å². The Morgan fingerprint density at radius 2 is 1.65 bits per heavy atom. The highest BCUT2D eigenvalue weighted by Crippen LogP contribution is 2.30. The van der Waals surface area contributed by atoms with E-state index in [1.54, 1.807) is 12.4 Å². The molecule has 1 aromatic carbocycles. The quantitative estimate of drug-likeness (QED) is 0.455. The number of hydrogen-bond acceptors (Lipinski definition) is 3. The molecule has 0 saturated carbocycles. The Kier molecular flexibility index (Phi) is 1.56. The monoisotopic (exact) mass is 220 g/mol. The molecule has 3 heteroatoms. The lowest BCUT2D eigenvalue weighted by Gasteiger charge is -1.95. The van der Waals surface area contributed by atoms with Gasteiger partial charge in [0.1, 0.15) is 11.2 Å². The second kappa shape index (κ2) is 3.04. The molecule has 0 aliphatic heterocycles. The van der Waals surface area contributed by atoms with Crippen molar-refractivity contribution in [2.75, 3.05) is 0 Å². The number of aromatic nitrogens is 2. The third-order valence-electron chi connectivity index (χ3n) is 3.03. The Morgan fingerprint density at radius 1 is 0.765 bits per heavy atom. The fraction of sp³-hybridized carbons (Fsp3) is 0. The van der Waals surface area contributed by atoms with Crippen LogP contribution in [-0.4, -0.2) is 9.97 Å². The normalized spacial score (nSPS) is 11.5. The van der Waals surface area contributed by atoms with E-state index in [1.807, 2.05) is 30.6 Å². The van der Waals surface area contributed by atoms with Crippen LogP contribution in [0.25, 0.3) is 32.7 Å². The zero-order chi connectivity index (χ0) is 11.2. The molecule has 0 bridgehead atoms. The summed E-state index contributed by atoms with van der Waals surface area (Å²) in [7, 11) is 0. The average Bonchev–Trinajstić information content (AvgIpc) is 2.73. The van der Waals surface area contributed by atoms with E-state index in [1.165, 1.54) is 0 Å². The summed E-state index contributed by atoms with van der Waals surface area (Å²) >= 11 is 0. The lowest BCUT2D eigenvalue weighted by Crippen LogP contribution is -1.75. The molecule has 17 heavy (non-hydrogen) atoms. The molecule has 0 N–H and O–H groups in total. The zero-order valence-corrected chi connectivity index (χ0v) is 8.92. The molecular formula is C14H8N2O. The van der Waals surface area contributed by atoms with Gasteiger partial charge in [-0.3, -0.25) is 9.97 Å². The third kappa shape index (κ3) is 1.16. The van der Waals surface area contributed by atoms with Crippen LogP contribution in [0.15, 0.2) is 53.5 Å². The Bertz CT molecular complexity index is 842. The number of nitrogens with zero attached hydrogens (tertiary/aromatic N) is 2. The van der Waals surface area contributed by atoms with Crippen molar-refractivity contribution in [2.24, 2.45) is 0 Å². The number of fused-ring (bicyclic) bond motifs is 4. The van der Waals surface area contributed by atoms with Crippen LogP contribution in [0.5, 0.6) is 0 Å². The van der Waals surface area contributed by atoms with Crippen molar-refractivity contribution in [2.45, 2.75) is 0 Å². The number of furan rings is 1. The number of benzene rings is 1. The van der Waals surface area contributed by atoms with Crippen molar-refractivity contribution >= 4 is 32.7 Å². The van der Waals surface area contributed by atoms with Crippen LogP contribution in [0.2, 0.25) is 0 Å². The smallest absolute Gasteiger partial charge is 0.138 e. The van der Waals surface area contributed by atoms with Crippen molar-refractivity contribution in [3.05, 3.63) is 49.1 Å². The molecular weight excluding hydrogens is 212 g/mol. The molecule has 0 atom stereocenters. The molecule has 3 heterocycles. The maximum absolute atomic E-state index is 5.80. The van der Waals surface area contributed by atoms with Crippen LogP contribution >= 0.6 is 0 Å². The van der Waals surface area contributed by atoms with Gasteiger partial charge in [-0.15, -0.1) is 0 Å². The van der Waals surface area contributed by atoms with E-state index >= 15 is 0 Å². The highest BCUT2D eigenvalue weighted by molar-refractivity contribution is 6.09. The summed E-state index contributed by atoms with van der Waals surface area (Å²) in [6.07, 6.45) is 7.23. The molecule has 4 rings (SSSR count). The van der Waals surface area contributed by atoms with E-state index in [9.17, 15) is 0 Å². The summed E-state index contributed by atoms with van der Waals surface area (Å²) in [5.74, 6) is 0. The molecule has 3 nitrogen and oxygen atoms in total. The molecule has 0 radical (unpaired) electrons. The lowest BCUT2D eigenvalue weighted by molar-refractivity contribution is 0.669. The highest BCUT2D eigenvalue weighted by Gasteiger charge is 2.07. The molecule has 0 unspecified atom stereocenters. The SMILES string of the molecule is c1cc2cc3oc4ccncc4c3cc2cn1. The molecule has 4 aromatic rings. The summed E-state index contributed by atoms with van der Waals surface area (Å²) in [5.41, 5.74) is 1.77. The predicted molar refractivity (Wildman–Crippen MR) is 66.8 cm³/mol. The van der Waals surface area contributed by atoms with E-state index in [4.69, 9.17) is 4.42 Å². The van der Waals surface area contributed by atoms with Gasteiger partial charge >= 0.3 is 0 Å². The minimum atomic E-state index is 0.873. The van der Waals surface area contributed by atoms with E-state index in [-0.39, 0.29) is 0 Å². The van der Waals surface area contributed by atoms with Crippen molar-refractivity contribution < 1.29 is 4.42 Å². The first kappa shape index (κ1) is 8.70. The van der Waals surface area contributed by atoms with Crippen molar-refractivity contribution in [1.29, 1.82) is 0 Å². The average molecular weight is 220 g/mol. The largest absolute Gasteiger partial charge is 0.456 e. The predicted octanol–water partition coefficient (Wildman–Crippen LogP) is 3.53. The highest BCUT2D eigenvalue weighted by atomic mass is 16.3. The van der Waals surface area contributed by atoms with Gasteiger partial charge in [0.25, 0.3) is 0 Å². The van der Waals surface area contributed by atoms with Gasteiger partial charge in [-0.1, -0.05) is 0 Å². The van der Waals surface area contributed by atoms with Crippen LogP contribution < -0.4 is 0 Å². The van der Waals surface area contributed by atoms with Crippen molar-refractivity contribution in [1.82, 2.24) is 9.97 Å². The van der Waals surface area contributed by atoms with E-state index in [2.05, 4.69) is 16.0 Å². The van der Waals surface area contributed by atoms with Crippen LogP contribution in [-0.2, 0) is 0 Å². The lowest BCUT2D eigenvalue weighted by atomic mass is 10.1. The van der Waals surface area contributed by atoms with E-state index in [0.29, 0.717) is 0 Å². The summed E-state index contributed by atoms with van der Waals surface area (Å²) < 4.78 is 5.80. The van der Waals surface area contributed by atoms with Crippen LogP contribution in [0.3, 0.4) is 0 Å². The molecule has 0 aliphatic carbocycles. The molecule has 3 aromatic heterocycles. The minimum absolute atomic E-state index is 0.873. The summed E-state index contributed by atoms with van der Waals surface area (Å²) in [6, 6.07) is 8.02. The van der Waals surface area contributed by atoms with Gasteiger partial charge < -0.3 is 4.42 Å². The van der Waals surface area contributed by atoms with E-state index in [0.717, 1.165) is 32.7 Å². The first-order valence-corrected chi connectivity index (χ1v) is 5.42. The number of pyridine rings is 2. The Morgan fingerprint density at radius 3 is 2.65 bits per heavy atom. The first-order valence-electron chi connectivity index (χ1n) is 5.42. The van der Waals surface area contributed by atoms with Gasteiger partial charge in [0.15, 0.2) is 0 Å². The van der Waals surface area contributed by atoms with Gasteiger partial charge in [-0.25, -0.2) is 0 Å². The molecule has 0 aliphatic rings. The molecule has 0 saturated heterocycles. The van der Waals surface area contributed by atoms with Gasteiger partial charge in [0, 0.05) is 40.9 Å². The summed E-state index contributed by atoms with van der Waals surface area (Å²) in [6.45, 7) is 0. The second-order valence-corrected chi connectivity index (χ2v) is 4.05. The molecule has 0 fully saturated rings. The summed E-state index contributed by atoms with van der Waals surface area (Å²) in [4.78, 5) is 8.28. The van der Waals surface area contributed by atoms with Crippen LogP contribution in [0.1, 0.15) is 0 Å². The van der Waals surface area contributed by atoms with Gasteiger partial charge in [-0.2, -0.15) is 0 Å².